The number of ether oxygens (including phenoxy) is 2. The molecule has 0 bridgehead atoms. The van der Waals surface area contributed by atoms with Crippen LogP contribution in [0.5, 0.6) is 11.5 Å². The van der Waals surface area contributed by atoms with Crippen LogP contribution in [0.25, 0.3) is 0 Å². The molecule has 0 radical (unpaired) electrons. The van der Waals surface area contributed by atoms with Crippen molar-refractivity contribution in [1.29, 1.82) is 5.26 Å². The average molecular weight is 270 g/mol. The highest BCUT2D eigenvalue weighted by atomic mass is 79.9. The lowest BCUT2D eigenvalue weighted by molar-refractivity contribution is 0.297. The van der Waals surface area contributed by atoms with Crippen LogP contribution in [0, 0.1) is 11.3 Å². The Kier molecular flexibility index (Phi) is 4.99. The van der Waals surface area contributed by atoms with E-state index in [1.807, 2.05) is 31.2 Å². The Morgan fingerprint density at radius 2 is 2.20 bits per heavy atom. The summed E-state index contributed by atoms with van der Waals surface area (Å²) in [6, 6.07) is 7.62. The van der Waals surface area contributed by atoms with Gasteiger partial charge in [0.1, 0.15) is 6.07 Å². The quantitative estimate of drug-likeness (QED) is 0.772. The van der Waals surface area contributed by atoms with Crippen molar-refractivity contribution in [2.24, 2.45) is 0 Å². The summed E-state index contributed by atoms with van der Waals surface area (Å²) in [6.07, 6.45) is 0. The predicted molar refractivity (Wildman–Crippen MR) is 61.4 cm³/mol. The average Bonchev–Trinajstić information content (AvgIpc) is 2.27. The monoisotopic (exact) mass is 269 g/mol. The Labute approximate surface area is 97.7 Å². The maximum Gasteiger partial charge on any atom is 0.174 e. The molecule has 0 amide bonds. The molecule has 15 heavy (non-hydrogen) atoms. The zero-order valence-corrected chi connectivity index (χ0v) is 10.1. The van der Waals surface area contributed by atoms with Gasteiger partial charge in [-0.1, -0.05) is 28.1 Å². The molecule has 1 rings (SSSR count). The van der Waals surface area contributed by atoms with E-state index in [-0.39, 0.29) is 6.61 Å². The van der Waals surface area contributed by atoms with Gasteiger partial charge in [-0.15, -0.1) is 0 Å². The fourth-order valence-corrected chi connectivity index (χ4v) is 1.65. The minimum atomic E-state index is 0.0318. The van der Waals surface area contributed by atoms with Crippen LogP contribution in [-0.4, -0.2) is 13.2 Å². The van der Waals surface area contributed by atoms with Gasteiger partial charge in [0.15, 0.2) is 18.1 Å². The third-order valence-corrected chi connectivity index (χ3v) is 2.39. The van der Waals surface area contributed by atoms with Crippen LogP contribution in [0.15, 0.2) is 18.2 Å². The van der Waals surface area contributed by atoms with Gasteiger partial charge in [0, 0.05) is 10.9 Å². The molecule has 0 spiro atoms. The molecule has 80 valence electrons. The Morgan fingerprint density at radius 1 is 1.40 bits per heavy atom. The zero-order chi connectivity index (χ0) is 11.1. The van der Waals surface area contributed by atoms with E-state index in [9.17, 15) is 0 Å². The topological polar surface area (TPSA) is 42.2 Å². The molecular formula is C11H12BrNO2. The number of benzene rings is 1. The van der Waals surface area contributed by atoms with Gasteiger partial charge < -0.3 is 9.47 Å². The number of rotatable bonds is 5. The number of nitrogens with zero attached hydrogens (tertiary/aromatic N) is 1. The molecule has 0 fully saturated rings. The minimum Gasteiger partial charge on any atom is -0.490 e. The van der Waals surface area contributed by atoms with E-state index in [0.29, 0.717) is 23.4 Å². The van der Waals surface area contributed by atoms with Crippen LogP contribution in [-0.2, 0) is 5.33 Å². The van der Waals surface area contributed by atoms with Crippen molar-refractivity contribution in [2.45, 2.75) is 12.3 Å². The summed E-state index contributed by atoms with van der Waals surface area (Å²) < 4.78 is 10.8. The second-order valence-electron chi connectivity index (χ2n) is 2.76. The maximum atomic E-state index is 8.48. The van der Waals surface area contributed by atoms with Crippen molar-refractivity contribution in [2.75, 3.05) is 13.2 Å². The molecule has 0 aromatic heterocycles. The molecule has 1 aromatic carbocycles. The molecule has 0 N–H and O–H groups in total. The summed E-state index contributed by atoms with van der Waals surface area (Å²) in [5, 5.41) is 9.16. The molecule has 0 aliphatic heterocycles. The van der Waals surface area contributed by atoms with Crippen molar-refractivity contribution in [1.82, 2.24) is 0 Å². The van der Waals surface area contributed by atoms with Crippen molar-refractivity contribution < 1.29 is 9.47 Å². The summed E-state index contributed by atoms with van der Waals surface area (Å²) in [5.74, 6) is 1.34. The second-order valence-corrected chi connectivity index (χ2v) is 3.32. The minimum absolute atomic E-state index is 0.0318. The van der Waals surface area contributed by atoms with Crippen molar-refractivity contribution in [3.63, 3.8) is 0 Å². The Balaban J connectivity index is 2.98. The van der Waals surface area contributed by atoms with Gasteiger partial charge in [-0.2, -0.15) is 5.26 Å². The van der Waals surface area contributed by atoms with Crippen LogP contribution < -0.4 is 9.47 Å². The van der Waals surface area contributed by atoms with E-state index in [4.69, 9.17) is 14.7 Å². The molecule has 0 heterocycles. The van der Waals surface area contributed by atoms with E-state index in [0.717, 1.165) is 5.56 Å². The SMILES string of the molecule is CCOc1cccc(CBr)c1OCC#N. The second kappa shape index (κ2) is 6.31. The Hall–Kier alpha value is -1.21. The lowest BCUT2D eigenvalue weighted by Crippen LogP contribution is -2.01. The Morgan fingerprint density at radius 3 is 2.80 bits per heavy atom. The van der Waals surface area contributed by atoms with Gasteiger partial charge in [-0.05, 0) is 13.0 Å². The summed E-state index contributed by atoms with van der Waals surface area (Å²) in [6.45, 7) is 2.52. The summed E-state index contributed by atoms with van der Waals surface area (Å²) in [4.78, 5) is 0. The molecule has 0 atom stereocenters. The summed E-state index contributed by atoms with van der Waals surface area (Å²) in [5.41, 5.74) is 0.983. The van der Waals surface area contributed by atoms with Gasteiger partial charge in [0.2, 0.25) is 0 Å². The number of alkyl halides is 1. The first-order valence-electron chi connectivity index (χ1n) is 4.63. The third kappa shape index (κ3) is 3.14. The third-order valence-electron chi connectivity index (χ3n) is 1.79. The molecule has 0 saturated carbocycles. The fourth-order valence-electron chi connectivity index (χ4n) is 1.20. The molecule has 4 heteroatoms. The predicted octanol–water partition coefficient (Wildman–Crippen LogP) is 2.88. The first kappa shape index (κ1) is 11.9. The van der Waals surface area contributed by atoms with E-state index in [2.05, 4.69) is 15.9 Å². The van der Waals surface area contributed by atoms with E-state index >= 15 is 0 Å². The van der Waals surface area contributed by atoms with E-state index in [1.54, 1.807) is 0 Å². The summed E-state index contributed by atoms with van der Waals surface area (Å²) in [7, 11) is 0. The largest absolute Gasteiger partial charge is 0.490 e. The molecular weight excluding hydrogens is 258 g/mol. The van der Waals surface area contributed by atoms with E-state index in [1.165, 1.54) is 0 Å². The molecule has 3 nitrogen and oxygen atoms in total. The number of halogens is 1. The van der Waals surface area contributed by atoms with Crippen LogP contribution in [0.2, 0.25) is 0 Å². The van der Waals surface area contributed by atoms with Crippen LogP contribution in [0.4, 0.5) is 0 Å². The lowest BCUT2D eigenvalue weighted by atomic mass is 10.2. The summed E-state index contributed by atoms with van der Waals surface area (Å²) >= 11 is 3.37. The van der Waals surface area contributed by atoms with Gasteiger partial charge >= 0.3 is 0 Å². The number of nitriles is 1. The molecule has 0 aliphatic carbocycles. The van der Waals surface area contributed by atoms with Crippen LogP contribution >= 0.6 is 15.9 Å². The first-order valence-corrected chi connectivity index (χ1v) is 5.76. The van der Waals surface area contributed by atoms with Crippen LogP contribution in [0.3, 0.4) is 0 Å². The van der Waals surface area contributed by atoms with Gasteiger partial charge in [-0.3, -0.25) is 0 Å². The standard InChI is InChI=1S/C11H12BrNO2/c1-2-14-10-5-3-4-9(8-12)11(10)15-7-6-13/h3-5H,2,7-8H2,1H3. The number of para-hydroxylation sites is 1. The van der Waals surface area contributed by atoms with Gasteiger partial charge in [0.05, 0.1) is 6.61 Å². The molecule has 0 unspecified atom stereocenters. The molecule has 1 aromatic rings. The normalized spacial score (nSPS) is 9.40. The maximum absolute atomic E-state index is 8.48. The van der Waals surface area contributed by atoms with Gasteiger partial charge in [-0.25, -0.2) is 0 Å². The van der Waals surface area contributed by atoms with Crippen molar-refractivity contribution in [3.8, 4) is 17.6 Å². The van der Waals surface area contributed by atoms with Crippen molar-refractivity contribution in [3.05, 3.63) is 23.8 Å². The van der Waals surface area contributed by atoms with Gasteiger partial charge in [0.25, 0.3) is 0 Å². The fraction of sp³-hybridized carbons (Fsp3) is 0.364. The highest BCUT2D eigenvalue weighted by Crippen LogP contribution is 2.32. The first-order chi connectivity index (χ1) is 7.33. The van der Waals surface area contributed by atoms with Crippen molar-refractivity contribution >= 4 is 15.9 Å². The number of hydrogen-bond donors (Lipinski definition) is 0. The highest BCUT2D eigenvalue weighted by molar-refractivity contribution is 9.08. The lowest BCUT2D eigenvalue weighted by Gasteiger charge is -2.12. The smallest absolute Gasteiger partial charge is 0.174 e. The van der Waals surface area contributed by atoms with E-state index < -0.39 is 0 Å². The Bertz CT molecular complexity index is 360. The molecule has 0 aliphatic rings. The number of hydrogen-bond acceptors (Lipinski definition) is 3. The highest BCUT2D eigenvalue weighted by Gasteiger charge is 2.09. The molecule has 0 saturated heterocycles. The zero-order valence-electron chi connectivity index (χ0n) is 8.50. The van der Waals surface area contributed by atoms with Crippen LogP contribution in [0.1, 0.15) is 12.5 Å².